The van der Waals surface area contributed by atoms with Gasteiger partial charge in [0.15, 0.2) is 0 Å². The second-order valence-corrected chi connectivity index (χ2v) is 6.27. The number of hydrogen-bond acceptors (Lipinski definition) is 4. The van der Waals surface area contributed by atoms with E-state index in [1.54, 1.807) is 0 Å². The van der Waals surface area contributed by atoms with Crippen LogP contribution in [-0.2, 0) is 6.54 Å². The Morgan fingerprint density at radius 2 is 2.21 bits per heavy atom. The molecule has 1 aliphatic carbocycles. The minimum atomic E-state index is -0.00737. The third-order valence-electron chi connectivity index (χ3n) is 3.96. The van der Waals surface area contributed by atoms with E-state index >= 15 is 0 Å². The molecule has 0 radical (unpaired) electrons. The van der Waals surface area contributed by atoms with Crippen LogP contribution in [0.4, 0.5) is 0 Å². The van der Waals surface area contributed by atoms with Crippen molar-refractivity contribution in [2.45, 2.75) is 44.7 Å². The van der Waals surface area contributed by atoms with Gasteiger partial charge in [-0.3, -0.25) is 9.69 Å². The molecule has 0 unspecified atom stereocenters. The van der Waals surface area contributed by atoms with Crippen molar-refractivity contribution in [1.29, 1.82) is 0 Å². The Bertz CT molecular complexity index is 612. The van der Waals surface area contributed by atoms with Crippen LogP contribution in [0, 0.1) is 0 Å². The first kappa shape index (κ1) is 12.8. The fraction of sp³-hybridized carbons (Fsp3) is 0.571. The molecule has 2 aromatic rings. The van der Waals surface area contributed by atoms with Crippen LogP contribution in [0.3, 0.4) is 0 Å². The van der Waals surface area contributed by atoms with Crippen molar-refractivity contribution in [2.75, 3.05) is 7.05 Å². The standard InChI is InChI=1S/C14H19N3OS/c1-17(10-5-3-2-4-6-10)9-12-15-11-7-8-19-13(11)14(18)16-12/h7-8,10H,2-6,9H2,1H3,(H,15,16,18). The van der Waals surface area contributed by atoms with Crippen molar-refractivity contribution in [2.24, 2.45) is 0 Å². The number of nitrogens with zero attached hydrogens (tertiary/aromatic N) is 2. The number of thiophene rings is 1. The summed E-state index contributed by atoms with van der Waals surface area (Å²) < 4.78 is 0.726. The van der Waals surface area contributed by atoms with Crippen molar-refractivity contribution in [3.8, 4) is 0 Å². The van der Waals surface area contributed by atoms with E-state index < -0.39 is 0 Å². The molecule has 0 bridgehead atoms. The zero-order chi connectivity index (χ0) is 13.2. The van der Waals surface area contributed by atoms with Crippen LogP contribution in [0.1, 0.15) is 37.9 Å². The van der Waals surface area contributed by atoms with Gasteiger partial charge in [0.1, 0.15) is 10.5 Å². The molecule has 1 saturated carbocycles. The molecule has 0 aliphatic heterocycles. The van der Waals surface area contributed by atoms with Gasteiger partial charge in [-0.05, 0) is 31.3 Å². The third kappa shape index (κ3) is 2.72. The maximum absolute atomic E-state index is 11.9. The molecule has 2 heterocycles. The maximum atomic E-state index is 11.9. The van der Waals surface area contributed by atoms with E-state index in [0.29, 0.717) is 6.04 Å². The second-order valence-electron chi connectivity index (χ2n) is 5.35. The summed E-state index contributed by atoms with van der Waals surface area (Å²) in [6, 6.07) is 2.55. The minimum Gasteiger partial charge on any atom is -0.308 e. The quantitative estimate of drug-likeness (QED) is 0.938. The number of fused-ring (bicyclic) bond motifs is 1. The van der Waals surface area contributed by atoms with Crippen molar-refractivity contribution in [1.82, 2.24) is 14.9 Å². The van der Waals surface area contributed by atoms with Crippen LogP contribution in [0.5, 0.6) is 0 Å². The lowest BCUT2D eigenvalue weighted by atomic mass is 9.94. The van der Waals surface area contributed by atoms with Crippen LogP contribution in [0.15, 0.2) is 16.2 Å². The molecule has 19 heavy (non-hydrogen) atoms. The number of aromatic amines is 1. The molecular formula is C14H19N3OS. The Labute approximate surface area is 116 Å². The Balaban J connectivity index is 1.78. The first-order valence-corrected chi connectivity index (χ1v) is 7.78. The first-order chi connectivity index (χ1) is 9.24. The fourth-order valence-electron chi connectivity index (χ4n) is 2.88. The summed E-state index contributed by atoms with van der Waals surface area (Å²) in [6.07, 6.45) is 6.54. The normalized spacial score (nSPS) is 17.4. The maximum Gasteiger partial charge on any atom is 0.268 e. The lowest BCUT2D eigenvalue weighted by molar-refractivity contribution is 0.181. The molecule has 1 N–H and O–H groups in total. The van der Waals surface area contributed by atoms with Crippen molar-refractivity contribution < 1.29 is 0 Å². The number of aromatic nitrogens is 2. The summed E-state index contributed by atoms with van der Waals surface area (Å²) in [7, 11) is 2.13. The minimum absolute atomic E-state index is 0.00737. The van der Waals surface area contributed by atoms with Crippen molar-refractivity contribution in [3.63, 3.8) is 0 Å². The topological polar surface area (TPSA) is 49.0 Å². The molecule has 1 fully saturated rings. The van der Waals surface area contributed by atoms with Gasteiger partial charge in [0, 0.05) is 6.04 Å². The van der Waals surface area contributed by atoms with Gasteiger partial charge in [0.2, 0.25) is 0 Å². The van der Waals surface area contributed by atoms with Crippen LogP contribution in [0.25, 0.3) is 10.2 Å². The number of nitrogens with one attached hydrogen (secondary N) is 1. The summed E-state index contributed by atoms with van der Waals surface area (Å²) in [5, 5.41) is 1.92. The number of hydrogen-bond donors (Lipinski definition) is 1. The SMILES string of the molecule is CN(Cc1nc2ccsc2c(=O)[nH]1)C1CCCCC1. The van der Waals surface area contributed by atoms with Crippen molar-refractivity contribution in [3.05, 3.63) is 27.6 Å². The van der Waals surface area contributed by atoms with Gasteiger partial charge in [0.25, 0.3) is 5.56 Å². The Morgan fingerprint density at radius 1 is 1.42 bits per heavy atom. The Hall–Kier alpha value is -1.20. The summed E-state index contributed by atoms with van der Waals surface area (Å²) in [4.78, 5) is 21.7. The summed E-state index contributed by atoms with van der Waals surface area (Å²) >= 11 is 1.45. The van der Waals surface area contributed by atoms with E-state index in [9.17, 15) is 4.79 Å². The molecule has 0 spiro atoms. The van der Waals surface area contributed by atoms with E-state index in [-0.39, 0.29) is 5.56 Å². The highest BCUT2D eigenvalue weighted by atomic mass is 32.1. The number of rotatable bonds is 3. The van der Waals surface area contributed by atoms with Gasteiger partial charge < -0.3 is 4.98 Å². The first-order valence-electron chi connectivity index (χ1n) is 6.90. The average Bonchev–Trinajstić information content (AvgIpc) is 2.88. The largest absolute Gasteiger partial charge is 0.308 e. The lowest BCUT2D eigenvalue weighted by Crippen LogP contribution is -2.34. The fourth-order valence-corrected chi connectivity index (χ4v) is 3.61. The van der Waals surface area contributed by atoms with Crippen LogP contribution >= 0.6 is 11.3 Å². The summed E-state index contributed by atoms with van der Waals surface area (Å²) in [6.45, 7) is 0.728. The van der Waals surface area contributed by atoms with Gasteiger partial charge in [0.05, 0.1) is 12.1 Å². The highest BCUT2D eigenvalue weighted by Gasteiger charge is 2.18. The van der Waals surface area contributed by atoms with E-state index in [4.69, 9.17) is 0 Å². The molecular weight excluding hydrogens is 258 g/mol. The molecule has 102 valence electrons. The van der Waals surface area contributed by atoms with Crippen molar-refractivity contribution >= 4 is 21.6 Å². The lowest BCUT2D eigenvalue weighted by Gasteiger charge is -2.30. The number of H-pyrrole nitrogens is 1. The smallest absolute Gasteiger partial charge is 0.268 e. The molecule has 0 saturated heterocycles. The molecule has 4 nitrogen and oxygen atoms in total. The molecule has 5 heteroatoms. The molecule has 0 atom stereocenters. The van der Waals surface area contributed by atoms with E-state index in [2.05, 4.69) is 21.9 Å². The van der Waals surface area contributed by atoms with Gasteiger partial charge in [-0.25, -0.2) is 4.98 Å². The van der Waals surface area contributed by atoms with E-state index in [1.807, 2.05) is 11.4 Å². The van der Waals surface area contributed by atoms with Crippen LogP contribution in [-0.4, -0.2) is 28.0 Å². The van der Waals surface area contributed by atoms with E-state index in [1.165, 1.54) is 43.4 Å². The molecule has 0 amide bonds. The van der Waals surface area contributed by atoms with E-state index in [0.717, 1.165) is 22.6 Å². The molecule has 0 aromatic carbocycles. The Kier molecular flexibility index (Phi) is 3.66. The Morgan fingerprint density at radius 3 is 3.00 bits per heavy atom. The predicted octanol–water partition coefficient (Wildman–Crippen LogP) is 2.75. The summed E-state index contributed by atoms with van der Waals surface area (Å²) in [5.41, 5.74) is 0.813. The second kappa shape index (κ2) is 5.43. The van der Waals surface area contributed by atoms with Gasteiger partial charge in [-0.15, -0.1) is 11.3 Å². The van der Waals surface area contributed by atoms with Crippen LogP contribution < -0.4 is 5.56 Å². The van der Waals surface area contributed by atoms with Crippen LogP contribution in [0.2, 0.25) is 0 Å². The van der Waals surface area contributed by atoms with Gasteiger partial charge in [-0.2, -0.15) is 0 Å². The van der Waals surface area contributed by atoms with Gasteiger partial charge >= 0.3 is 0 Å². The summed E-state index contributed by atoms with van der Waals surface area (Å²) in [5.74, 6) is 0.781. The highest BCUT2D eigenvalue weighted by Crippen LogP contribution is 2.22. The monoisotopic (exact) mass is 277 g/mol. The van der Waals surface area contributed by atoms with Gasteiger partial charge in [-0.1, -0.05) is 19.3 Å². The predicted molar refractivity (Wildman–Crippen MR) is 78.6 cm³/mol. The highest BCUT2D eigenvalue weighted by molar-refractivity contribution is 7.17. The third-order valence-corrected chi connectivity index (χ3v) is 4.86. The molecule has 3 rings (SSSR count). The average molecular weight is 277 g/mol. The zero-order valence-corrected chi connectivity index (χ0v) is 12.0. The molecule has 2 aromatic heterocycles. The zero-order valence-electron chi connectivity index (χ0n) is 11.2. The molecule has 1 aliphatic rings.